The SMILES string of the molecule is CC(C)N1CCC(N2CCN(S(C)(=O)=O)CC2)CC1. The Morgan fingerprint density at radius 3 is 1.89 bits per heavy atom. The third kappa shape index (κ3) is 3.90. The molecule has 112 valence electrons. The number of nitrogens with zero attached hydrogens (tertiary/aromatic N) is 3. The summed E-state index contributed by atoms with van der Waals surface area (Å²) in [6.07, 6.45) is 3.75. The molecular formula is C13H27N3O2S. The summed E-state index contributed by atoms with van der Waals surface area (Å²) < 4.78 is 24.6. The third-order valence-electron chi connectivity index (χ3n) is 4.49. The summed E-state index contributed by atoms with van der Waals surface area (Å²) in [7, 11) is -3.00. The molecule has 5 nitrogen and oxygen atoms in total. The predicted molar refractivity (Wildman–Crippen MR) is 77.7 cm³/mol. The lowest BCUT2D eigenvalue weighted by Gasteiger charge is -2.43. The van der Waals surface area contributed by atoms with Gasteiger partial charge in [-0.2, -0.15) is 4.31 Å². The Hall–Kier alpha value is -0.170. The largest absolute Gasteiger partial charge is 0.301 e. The van der Waals surface area contributed by atoms with E-state index in [9.17, 15) is 8.42 Å². The molecule has 2 heterocycles. The summed E-state index contributed by atoms with van der Waals surface area (Å²) >= 11 is 0. The van der Waals surface area contributed by atoms with Crippen molar-refractivity contribution in [3.63, 3.8) is 0 Å². The van der Waals surface area contributed by atoms with Crippen molar-refractivity contribution in [1.82, 2.24) is 14.1 Å². The van der Waals surface area contributed by atoms with Crippen molar-refractivity contribution >= 4 is 10.0 Å². The molecule has 0 spiro atoms. The normalized spacial score (nSPS) is 26.1. The molecular weight excluding hydrogens is 262 g/mol. The number of piperidine rings is 1. The molecule has 0 bridgehead atoms. The van der Waals surface area contributed by atoms with E-state index in [4.69, 9.17) is 0 Å². The van der Waals surface area contributed by atoms with Crippen LogP contribution in [0.1, 0.15) is 26.7 Å². The highest BCUT2D eigenvalue weighted by molar-refractivity contribution is 7.88. The number of sulfonamides is 1. The van der Waals surface area contributed by atoms with E-state index >= 15 is 0 Å². The van der Waals surface area contributed by atoms with Crippen LogP contribution in [0, 0.1) is 0 Å². The zero-order valence-corrected chi connectivity index (χ0v) is 13.2. The molecule has 0 aromatic heterocycles. The minimum Gasteiger partial charge on any atom is -0.301 e. The van der Waals surface area contributed by atoms with E-state index in [1.54, 1.807) is 4.31 Å². The maximum atomic E-state index is 11.5. The fourth-order valence-corrected chi connectivity index (χ4v) is 3.99. The maximum Gasteiger partial charge on any atom is 0.211 e. The number of rotatable bonds is 3. The van der Waals surface area contributed by atoms with Gasteiger partial charge in [0.2, 0.25) is 10.0 Å². The predicted octanol–water partition coefficient (Wildman–Crippen LogP) is 0.436. The lowest BCUT2D eigenvalue weighted by atomic mass is 10.0. The highest BCUT2D eigenvalue weighted by Gasteiger charge is 2.30. The second kappa shape index (κ2) is 6.08. The highest BCUT2D eigenvalue weighted by Crippen LogP contribution is 2.20. The van der Waals surface area contributed by atoms with Crippen LogP contribution in [-0.2, 0) is 10.0 Å². The Kier molecular flexibility index (Phi) is 4.87. The molecule has 0 N–H and O–H groups in total. The monoisotopic (exact) mass is 289 g/mol. The summed E-state index contributed by atoms with van der Waals surface area (Å²) in [6, 6.07) is 1.29. The van der Waals surface area contributed by atoms with Crippen LogP contribution in [0.15, 0.2) is 0 Å². The summed E-state index contributed by atoms with van der Waals surface area (Å²) in [6.45, 7) is 9.95. The Morgan fingerprint density at radius 1 is 0.947 bits per heavy atom. The first-order chi connectivity index (χ1) is 8.88. The van der Waals surface area contributed by atoms with Crippen LogP contribution in [0.25, 0.3) is 0 Å². The van der Waals surface area contributed by atoms with Gasteiger partial charge in [0.15, 0.2) is 0 Å². The summed E-state index contributed by atoms with van der Waals surface area (Å²) in [5.41, 5.74) is 0. The van der Waals surface area contributed by atoms with E-state index in [1.165, 1.54) is 32.2 Å². The van der Waals surface area contributed by atoms with Crippen molar-refractivity contribution < 1.29 is 8.42 Å². The molecule has 2 aliphatic heterocycles. The van der Waals surface area contributed by atoms with E-state index in [0.717, 1.165) is 13.1 Å². The van der Waals surface area contributed by atoms with Gasteiger partial charge in [-0.25, -0.2) is 8.42 Å². The van der Waals surface area contributed by atoms with Crippen LogP contribution in [0.3, 0.4) is 0 Å². The van der Waals surface area contributed by atoms with Crippen LogP contribution < -0.4 is 0 Å². The third-order valence-corrected chi connectivity index (χ3v) is 5.79. The van der Waals surface area contributed by atoms with Gasteiger partial charge in [-0.1, -0.05) is 0 Å². The second-order valence-corrected chi connectivity index (χ2v) is 8.04. The van der Waals surface area contributed by atoms with Crippen LogP contribution in [0.2, 0.25) is 0 Å². The first kappa shape index (κ1) is 15.2. The van der Waals surface area contributed by atoms with Crippen molar-refractivity contribution in [3.05, 3.63) is 0 Å². The van der Waals surface area contributed by atoms with E-state index in [2.05, 4.69) is 23.6 Å². The Labute approximate surface area is 117 Å². The highest BCUT2D eigenvalue weighted by atomic mass is 32.2. The van der Waals surface area contributed by atoms with Gasteiger partial charge < -0.3 is 4.90 Å². The van der Waals surface area contributed by atoms with E-state index in [0.29, 0.717) is 25.2 Å². The summed E-state index contributed by atoms with van der Waals surface area (Å²) in [5, 5.41) is 0. The molecule has 0 aromatic carbocycles. The first-order valence-corrected chi connectivity index (χ1v) is 9.16. The molecule has 0 radical (unpaired) electrons. The molecule has 6 heteroatoms. The molecule has 0 unspecified atom stereocenters. The van der Waals surface area contributed by atoms with Gasteiger partial charge in [-0.3, -0.25) is 4.90 Å². The van der Waals surface area contributed by atoms with Crippen LogP contribution in [-0.4, -0.2) is 80.1 Å². The van der Waals surface area contributed by atoms with Gasteiger partial charge in [-0.15, -0.1) is 0 Å². The minimum absolute atomic E-state index is 0.642. The van der Waals surface area contributed by atoms with Crippen molar-refractivity contribution in [2.45, 2.75) is 38.8 Å². The van der Waals surface area contributed by atoms with E-state index < -0.39 is 10.0 Å². The Morgan fingerprint density at radius 2 is 1.47 bits per heavy atom. The molecule has 2 saturated heterocycles. The second-order valence-electron chi connectivity index (χ2n) is 6.06. The zero-order valence-electron chi connectivity index (χ0n) is 12.4. The summed E-state index contributed by atoms with van der Waals surface area (Å²) in [5.74, 6) is 0. The molecule has 0 atom stereocenters. The Bertz CT molecular complexity index is 381. The standard InChI is InChI=1S/C13H27N3O2S/c1-12(2)14-6-4-13(5-7-14)15-8-10-16(11-9-15)19(3,17)18/h12-13H,4-11H2,1-3H3. The van der Waals surface area contributed by atoms with Crippen LogP contribution >= 0.6 is 0 Å². The number of likely N-dealkylation sites (tertiary alicyclic amines) is 1. The quantitative estimate of drug-likeness (QED) is 0.756. The number of hydrogen-bond acceptors (Lipinski definition) is 4. The molecule has 2 fully saturated rings. The van der Waals surface area contributed by atoms with E-state index in [-0.39, 0.29) is 0 Å². The molecule has 0 aromatic rings. The number of piperazine rings is 1. The fraction of sp³-hybridized carbons (Fsp3) is 1.00. The van der Waals surface area contributed by atoms with Crippen molar-refractivity contribution in [1.29, 1.82) is 0 Å². The van der Waals surface area contributed by atoms with Crippen molar-refractivity contribution in [2.75, 3.05) is 45.5 Å². The summed E-state index contributed by atoms with van der Waals surface area (Å²) in [4.78, 5) is 5.02. The molecule has 2 aliphatic rings. The zero-order chi connectivity index (χ0) is 14.0. The van der Waals surface area contributed by atoms with Gasteiger partial charge in [0, 0.05) is 38.3 Å². The molecule has 0 aliphatic carbocycles. The lowest BCUT2D eigenvalue weighted by Crippen LogP contribution is -2.54. The molecule has 0 saturated carbocycles. The van der Waals surface area contributed by atoms with Crippen molar-refractivity contribution in [2.24, 2.45) is 0 Å². The average Bonchev–Trinajstić information content (AvgIpc) is 2.38. The van der Waals surface area contributed by atoms with Crippen LogP contribution in [0.5, 0.6) is 0 Å². The maximum absolute atomic E-state index is 11.5. The first-order valence-electron chi connectivity index (χ1n) is 7.31. The average molecular weight is 289 g/mol. The Balaban J connectivity index is 1.80. The molecule has 2 rings (SSSR count). The number of hydrogen-bond donors (Lipinski definition) is 0. The fourth-order valence-electron chi connectivity index (χ4n) is 3.17. The van der Waals surface area contributed by atoms with Gasteiger partial charge >= 0.3 is 0 Å². The smallest absolute Gasteiger partial charge is 0.211 e. The van der Waals surface area contributed by atoms with Crippen LogP contribution in [0.4, 0.5) is 0 Å². The topological polar surface area (TPSA) is 43.9 Å². The van der Waals surface area contributed by atoms with Gasteiger partial charge in [0.1, 0.15) is 0 Å². The lowest BCUT2D eigenvalue weighted by molar-refractivity contribution is 0.0704. The van der Waals surface area contributed by atoms with Gasteiger partial charge in [0.05, 0.1) is 6.26 Å². The minimum atomic E-state index is -3.00. The van der Waals surface area contributed by atoms with Gasteiger partial charge in [-0.05, 0) is 39.8 Å². The molecule has 19 heavy (non-hydrogen) atoms. The van der Waals surface area contributed by atoms with E-state index in [1.807, 2.05) is 0 Å². The van der Waals surface area contributed by atoms with Crippen molar-refractivity contribution in [3.8, 4) is 0 Å². The van der Waals surface area contributed by atoms with Gasteiger partial charge in [0.25, 0.3) is 0 Å². The molecule has 0 amide bonds.